The fourth-order valence-corrected chi connectivity index (χ4v) is 3.51. The minimum absolute atomic E-state index is 0.00364. The number of halogens is 1. The van der Waals surface area contributed by atoms with Crippen LogP contribution in [0.3, 0.4) is 0 Å². The predicted molar refractivity (Wildman–Crippen MR) is 80.0 cm³/mol. The molecule has 0 aliphatic heterocycles. The van der Waals surface area contributed by atoms with Gasteiger partial charge >= 0.3 is 0 Å². The minimum Gasteiger partial charge on any atom is -0.350 e. The quantitative estimate of drug-likeness (QED) is 0.844. The lowest BCUT2D eigenvalue weighted by molar-refractivity contribution is 0.0881. The van der Waals surface area contributed by atoms with E-state index in [-0.39, 0.29) is 22.3 Å². The van der Waals surface area contributed by atoms with Crippen molar-refractivity contribution in [2.45, 2.75) is 50.0 Å². The van der Waals surface area contributed by atoms with Crippen LogP contribution in [0, 0.1) is 5.41 Å². The standard InChI is InChI=1S/C14H19ClN2O3S/c1-14(5-2-6-14)9-16-13(18)12-7-11(21(15,19)20)8-17(12)10-3-4-10/h7-8,10H,2-6,9H2,1H3,(H,16,18). The lowest BCUT2D eigenvalue weighted by atomic mass is 9.70. The number of hydrogen-bond donors (Lipinski definition) is 1. The van der Waals surface area contributed by atoms with Gasteiger partial charge in [0.2, 0.25) is 0 Å². The third kappa shape index (κ3) is 3.11. The van der Waals surface area contributed by atoms with E-state index >= 15 is 0 Å². The molecule has 2 aliphatic carbocycles. The minimum atomic E-state index is -3.81. The molecule has 1 aromatic rings. The topological polar surface area (TPSA) is 68.2 Å². The first-order valence-corrected chi connectivity index (χ1v) is 9.54. The molecule has 0 saturated heterocycles. The van der Waals surface area contributed by atoms with E-state index in [1.807, 2.05) is 0 Å². The van der Waals surface area contributed by atoms with Gasteiger partial charge in [-0.15, -0.1) is 0 Å². The molecule has 3 rings (SSSR count). The normalized spacial score (nSPS) is 20.9. The van der Waals surface area contributed by atoms with Gasteiger partial charge in [0, 0.05) is 29.5 Å². The van der Waals surface area contributed by atoms with Gasteiger partial charge in [0.05, 0.1) is 0 Å². The second-order valence-corrected chi connectivity index (χ2v) is 9.05. The number of carbonyl (C=O) groups is 1. The zero-order valence-electron chi connectivity index (χ0n) is 11.9. The summed E-state index contributed by atoms with van der Waals surface area (Å²) in [5.41, 5.74) is 0.577. The van der Waals surface area contributed by atoms with Gasteiger partial charge in [-0.05, 0) is 37.2 Å². The summed E-state index contributed by atoms with van der Waals surface area (Å²) < 4.78 is 24.7. The zero-order chi connectivity index (χ0) is 15.3. The van der Waals surface area contributed by atoms with Crippen molar-refractivity contribution in [2.75, 3.05) is 6.54 Å². The number of hydrogen-bond acceptors (Lipinski definition) is 3. The Kier molecular flexibility index (Phi) is 3.56. The van der Waals surface area contributed by atoms with Crippen molar-refractivity contribution in [3.63, 3.8) is 0 Å². The van der Waals surface area contributed by atoms with Crippen molar-refractivity contribution < 1.29 is 13.2 Å². The van der Waals surface area contributed by atoms with Crippen LogP contribution in [0.4, 0.5) is 0 Å². The first kappa shape index (κ1) is 14.9. The van der Waals surface area contributed by atoms with Crippen LogP contribution in [0.25, 0.3) is 0 Å². The van der Waals surface area contributed by atoms with Crippen LogP contribution in [-0.2, 0) is 9.05 Å². The highest BCUT2D eigenvalue weighted by Crippen LogP contribution is 2.40. The number of carbonyl (C=O) groups excluding carboxylic acids is 1. The smallest absolute Gasteiger partial charge is 0.267 e. The molecule has 0 radical (unpaired) electrons. The zero-order valence-corrected chi connectivity index (χ0v) is 13.5. The molecule has 0 bridgehead atoms. The molecule has 1 aromatic heterocycles. The van der Waals surface area contributed by atoms with Gasteiger partial charge in [0.1, 0.15) is 10.6 Å². The lowest BCUT2D eigenvalue weighted by Crippen LogP contribution is -2.40. The van der Waals surface area contributed by atoms with Crippen LogP contribution in [0.5, 0.6) is 0 Å². The molecule has 1 amide bonds. The van der Waals surface area contributed by atoms with Crippen molar-refractivity contribution >= 4 is 25.6 Å². The SMILES string of the molecule is CC1(CNC(=O)c2cc(S(=O)(=O)Cl)cn2C2CC2)CCC1. The second kappa shape index (κ2) is 5.02. The van der Waals surface area contributed by atoms with E-state index in [9.17, 15) is 13.2 Å². The first-order valence-electron chi connectivity index (χ1n) is 7.23. The Hall–Kier alpha value is -1.01. The number of rotatable bonds is 5. The third-order valence-corrected chi connectivity index (χ3v) is 5.84. The van der Waals surface area contributed by atoms with Crippen LogP contribution in [0.1, 0.15) is 55.6 Å². The average molecular weight is 331 g/mol. The molecule has 0 aromatic carbocycles. The summed E-state index contributed by atoms with van der Waals surface area (Å²) in [5.74, 6) is -0.221. The van der Waals surface area contributed by atoms with E-state index in [0.717, 1.165) is 25.7 Å². The maximum atomic E-state index is 12.4. The summed E-state index contributed by atoms with van der Waals surface area (Å²) >= 11 is 0. The molecule has 2 fully saturated rings. The van der Waals surface area contributed by atoms with Crippen LogP contribution in [0.15, 0.2) is 17.2 Å². The summed E-state index contributed by atoms with van der Waals surface area (Å²) in [6, 6.07) is 1.59. The lowest BCUT2D eigenvalue weighted by Gasteiger charge is -2.38. The fraction of sp³-hybridized carbons (Fsp3) is 0.643. The van der Waals surface area contributed by atoms with E-state index in [1.165, 1.54) is 18.7 Å². The van der Waals surface area contributed by atoms with Gasteiger partial charge in [0.25, 0.3) is 15.0 Å². The van der Waals surface area contributed by atoms with Crippen molar-refractivity contribution in [3.05, 3.63) is 18.0 Å². The summed E-state index contributed by atoms with van der Waals surface area (Å²) in [5, 5.41) is 2.93. The third-order valence-electron chi connectivity index (χ3n) is 4.51. The molecule has 2 aliphatic rings. The highest BCUT2D eigenvalue weighted by atomic mass is 35.7. The Balaban J connectivity index is 1.79. The van der Waals surface area contributed by atoms with Crippen LogP contribution >= 0.6 is 10.7 Å². The van der Waals surface area contributed by atoms with Gasteiger partial charge < -0.3 is 9.88 Å². The van der Waals surface area contributed by atoms with Crippen molar-refractivity contribution in [2.24, 2.45) is 5.41 Å². The van der Waals surface area contributed by atoms with Crippen molar-refractivity contribution in [1.82, 2.24) is 9.88 Å². The Morgan fingerprint density at radius 2 is 2.14 bits per heavy atom. The fourth-order valence-electron chi connectivity index (χ4n) is 2.77. The number of nitrogens with zero attached hydrogens (tertiary/aromatic N) is 1. The maximum absolute atomic E-state index is 12.4. The average Bonchev–Trinajstić information content (AvgIpc) is 3.10. The van der Waals surface area contributed by atoms with Crippen LogP contribution in [-0.4, -0.2) is 25.4 Å². The molecule has 116 valence electrons. The monoisotopic (exact) mass is 330 g/mol. The maximum Gasteiger partial charge on any atom is 0.267 e. The van der Waals surface area contributed by atoms with Gasteiger partial charge in [-0.2, -0.15) is 0 Å². The summed E-state index contributed by atoms with van der Waals surface area (Å²) in [6.07, 6.45) is 6.86. The summed E-state index contributed by atoms with van der Waals surface area (Å²) in [7, 11) is 1.57. The molecule has 0 spiro atoms. The summed E-state index contributed by atoms with van der Waals surface area (Å²) in [6.45, 7) is 2.79. The van der Waals surface area contributed by atoms with Crippen LogP contribution < -0.4 is 5.32 Å². The highest BCUT2D eigenvalue weighted by Gasteiger charge is 2.34. The number of nitrogens with one attached hydrogen (secondary N) is 1. The molecule has 1 heterocycles. The Labute approximate surface area is 129 Å². The van der Waals surface area contributed by atoms with E-state index in [4.69, 9.17) is 10.7 Å². The number of aromatic nitrogens is 1. The number of amides is 1. The van der Waals surface area contributed by atoms with Crippen molar-refractivity contribution in [1.29, 1.82) is 0 Å². The largest absolute Gasteiger partial charge is 0.350 e. The van der Waals surface area contributed by atoms with Gasteiger partial charge in [-0.25, -0.2) is 8.42 Å². The Morgan fingerprint density at radius 3 is 2.62 bits per heavy atom. The molecule has 1 N–H and O–H groups in total. The van der Waals surface area contributed by atoms with Gasteiger partial charge in [0.15, 0.2) is 0 Å². The Bertz CT molecular complexity index is 672. The van der Waals surface area contributed by atoms with Gasteiger partial charge in [-0.1, -0.05) is 13.3 Å². The first-order chi connectivity index (χ1) is 9.78. The highest BCUT2D eigenvalue weighted by molar-refractivity contribution is 8.13. The molecule has 2 saturated carbocycles. The molecule has 7 heteroatoms. The second-order valence-electron chi connectivity index (χ2n) is 6.48. The molecule has 0 atom stereocenters. The van der Waals surface area contributed by atoms with E-state index < -0.39 is 9.05 Å². The van der Waals surface area contributed by atoms with Crippen molar-refractivity contribution in [3.8, 4) is 0 Å². The molecular formula is C14H19ClN2O3S. The predicted octanol–water partition coefficient (Wildman–Crippen LogP) is 2.67. The molecule has 0 unspecified atom stereocenters. The van der Waals surface area contributed by atoms with Crippen LogP contribution in [0.2, 0.25) is 0 Å². The van der Waals surface area contributed by atoms with E-state index in [2.05, 4.69) is 12.2 Å². The van der Waals surface area contributed by atoms with E-state index in [1.54, 1.807) is 4.57 Å². The van der Waals surface area contributed by atoms with Gasteiger partial charge in [-0.3, -0.25) is 4.79 Å². The molecule has 21 heavy (non-hydrogen) atoms. The molecular weight excluding hydrogens is 312 g/mol. The summed E-state index contributed by atoms with van der Waals surface area (Å²) in [4.78, 5) is 12.4. The van der Waals surface area contributed by atoms with E-state index in [0.29, 0.717) is 12.2 Å². The molecule has 5 nitrogen and oxygen atoms in total. The Morgan fingerprint density at radius 1 is 1.48 bits per heavy atom.